The van der Waals surface area contributed by atoms with Crippen LogP contribution in [-0.2, 0) is 6.42 Å². The molecule has 0 fully saturated rings. The van der Waals surface area contributed by atoms with Crippen LogP contribution < -0.4 is 10.7 Å². The van der Waals surface area contributed by atoms with Gasteiger partial charge in [0, 0.05) is 38.8 Å². The standard InChI is InChI=1S/C24H21Cl2N3O3/c1-13-6-8-15(9-7-13)23(30)29-28-19-4-3-5-20-21(19)14(2)22(32-20)24(31)27-18-11-16(25)10-17(26)12-18/h6-12H,3-5H2,1-2H3,(H,27,31)(H,29,30)/b28-19+. The summed E-state index contributed by atoms with van der Waals surface area (Å²) in [7, 11) is 0. The maximum absolute atomic E-state index is 12.9. The number of hydrazone groups is 1. The zero-order chi connectivity index (χ0) is 22.8. The van der Waals surface area contributed by atoms with Crippen LogP contribution in [0.3, 0.4) is 0 Å². The van der Waals surface area contributed by atoms with Crippen molar-refractivity contribution >= 4 is 46.4 Å². The lowest BCUT2D eigenvalue weighted by atomic mass is 9.93. The first-order valence-corrected chi connectivity index (χ1v) is 10.9. The first-order chi connectivity index (χ1) is 15.3. The first kappa shape index (κ1) is 22.1. The number of hydrogen-bond acceptors (Lipinski definition) is 4. The molecule has 1 aromatic heterocycles. The van der Waals surface area contributed by atoms with E-state index < -0.39 is 5.91 Å². The van der Waals surface area contributed by atoms with E-state index in [0.717, 1.165) is 17.5 Å². The maximum atomic E-state index is 12.9. The summed E-state index contributed by atoms with van der Waals surface area (Å²) in [5.74, 6) is 0.191. The van der Waals surface area contributed by atoms with Gasteiger partial charge in [-0.25, -0.2) is 5.43 Å². The molecule has 0 bridgehead atoms. The Kier molecular flexibility index (Phi) is 6.35. The Bertz CT molecular complexity index is 1210. The average Bonchev–Trinajstić information content (AvgIpc) is 3.09. The van der Waals surface area contributed by atoms with Gasteiger partial charge in [0.2, 0.25) is 0 Å². The van der Waals surface area contributed by atoms with Crippen molar-refractivity contribution in [2.75, 3.05) is 5.32 Å². The molecular formula is C24H21Cl2N3O3. The number of carbonyl (C=O) groups is 2. The van der Waals surface area contributed by atoms with Gasteiger partial charge in [-0.15, -0.1) is 0 Å². The molecule has 164 valence electrons. The molecule has 32 heavy (non-hydrogen) atoms. The first-order valence-electron chi connectivity index (χ1n) is 10.2. The molecule has 1 heterocycles. The lowest BCUT2D eigenvalue weighted by molar-refractivity contribution is 0.0953. The molecule has 2 amide bonds. The van der Waals surface area contributed by atoms with Gasteiger partial charge >= 0.3 is 0 Å². The number of furan rings is 1. The average molecular weight is 470 g/mol. The van der Waals surface area contributed by atoms with Crippen LogP contribution >= 0.6 is 23.2 Å². The number of carbonyl (C=O) groups excluding carboxylic acids is 2. The van der Waals surface area contributed by atoms with Crippen molar-refractivity contribution in [2.45, 2.75) is 33.1 Å². The summed E-state index contributed by atoms with van der Waals surface area (Å²) in [6, 6.07) is 12.1. The second kappa shape index (κ2) is 9.18. The van der Waals surface area contributed by atoms with E-state index in [1.165, 1.54) is 0 Å². The number of anilines is 1. The van der Waals surface area contributed by atoms with Crippen molar-refractivity contribution in [1.29, 1.82) is 0 Å². The summed E-state index contributed by atoms with van der Waals surface area (Å²) >= 11 is 12.0. The van der Waals surface area contributed by atoms with Gasteiger partial charge in [-0.3, -0.25) is 9.59 Å². The number of fused-ring (bicyclic) bond motifs is 1. The molecular weight excluding hydrogens is 449 g/mol. The molecule has 1 aliphatic carbocycles. The molecule has 0 unspecified atom stereocenters. The van der Waals surface area contributed by atoms with Gasteiger partial charge < -0.3 is 9.73 Å². The number of benzene rings is 2. The van der Waals surface area contributed by atoms with Gasteiger partial charge in [0.15, 0.2) is 5.76 Å². The van der Waals surface area contributed by atoms with Crippen molar-refractivity contribution in [1.82, 2.24) is 5.43 Å². The molecule has 0 aliphatic heterocycles. The van der Waals surface area contributed by atoms with Crippen molar-refractivity contribution in [2.24, 2.45) is 5.10 Å². The Morgan fingerprint density at radius 1 is 0.969 bits per heavy atom. The highest BCUT2D eigenvalue weighted by molar-refractivity contribution is 6.35. The highest BCUT2D eigenvalue weighted by Crippen LogP contribution is 2.31. The van der Waals surface area contributed by atoms with E-state index in [4.69, 9.17) is 27.6 Å². The van der Waals surface area contributed by atoms with Crippen LogP contribution in [-0.4, -0.2) is 17.5 Å². The summed E-state index contributed by atoms with van der Waals surface area (Å²) in [6.07, 6.45) is 2.17. The summed E-state index contributed by atoms with van der Waals surface area (Å²) in [5, 5.41) is 7.96. The molecule has 6 nitrogen and oxygen atoms in total. The molecule has 0 saturated heterocycles. The van der Waals surface area contributed by atoms with E-state index in [1.807, 2.05) is 26.0 Å². The minimum atomic E-state index is -0.404. The van der Waals surface area contributed by atoms with Crippen molar-refractivity contribution in [3.05, 3.63) is 86.3 Å². The minimum Gasteiger partial charge on any atom is -0.455 e. The van der Waals surface area contributed by atoms with Crippen molar-refractivity contribution in [3.8, 4) is 0 Å². The smallest absolute Gasteiger partial charge is 0.291 e. The highest BCUT2D eigenvalue weighted by atomic mass is 35.5. The van der Waals surface area contributed by atoms with E-state index in [0.29, 0.717) is 51.2 Å². The van der Waals surface area contributed by atoms with E-state index in [-0.39, 0.29) is 11.7 Å². The SMILES string of the molecule is Cc1ccc(C(=O)N/N=C2\CCCc3oc(C(=O)Nc4cc(Cl)cc(Cl)c4)c(C)c32)cc1. The topological polar surface area (TPSA) is 83.7 Å². The summed E-state index contributed by atoms with van der Waals surface area (Å²) < 4.78 is 5.89. The number of rotatable bonds is 4. The van der Waals surface area contributed by atoms with Gasteiger partial charge in [0.1, 0.15) is 5.76 Å². The zero-order valence-corrected chi connectivity index (χ0v) is 19.1. The normalized spacial score (nSPS) is 14.2. The minimum absolute atomic E-state index is 0.200. The maximum Gasteiger partial charge on any atom is 0.291 e. The van der Waals surface area contributed by atoms with Crippen LogP contribution in [0.25, 0.3) is 0 Å². The third-order valence-corrected chi connectivity index (χ3v) is 5.69. The largest absolute Gasteiger partial charge is 0.455 e. The fourth-order valence-electron chi connectivity index (χ4n) is 3.70. The molecule has 0 atom stereocenters. The Morgan fingerprint density at radius 2 is 1.66 bits per heavy atom. The van der Waals surface area contributed by atoms with Crippen LogP contribution in [0.15, 0.2) is 52.0 Å². The van der Waals surface area contributed by atoms with Gasteiger partial charge in [0.25, 0.3) is 11.8 Å². The number of nitrogens with one attached hydrogen (secondary N) is 2. The molecule has 0 saturated carbocycles. The van der Waals surface area contributed by atoms with Crippen LogP contribution in [0.2, 0.25) is 10.0 Å². The molecule has 2 aromatic carbocycles. The molecule has 2 N–H and O–H groups in total. The van der Waals surface area contributed by atoms with E-state index in [9.17, 15) is 9.59 Å². The van der Waals surface area contributed by atoms with Gasteiger partial charge in [-0.1, -0.05) is 40.9 Å². The number of amides is 2. The molecule has 0 spiro atoms. The number of halogens is 2. The fourth-order valence-corrected chi connectivity index (χ4v) is 4.22. The molecule has 3 aromatic rings. The Labute approximate surface area is 195 Å². The van der Waals surface area contributed by atoms with Crippen LogP contribution in [0.4, 0.5) is 5.69 Å². The number of nitrogens with zero attached hydrogens (tertiary/aromatic N) is 1. The van der Waals surface area contributed by atoms with Gasteiger partial charge in [0.05, 0.1) is 5.71 Å². The van der Waals surface area contributed by atoms with Crippen molar-refractivity contribution in [3.63, 3.8) is 0 Å². The lowest BCUT2D eigenvalue weighted by Crippen LogP contribution is -2.22. The number of hydrogen-bond donors (Lipinski definition) is 2. The second-order valence-corrected chi connectivity index (χ2v) is 8.56. The molecule has 8 heteroatoms. The van der Waals surface area contributed by atoms with E-state index >= 15 is 0 Å². The second-order valence-electron chi connectivity index (χ2n) is 7.69. The van der Waals surface area contributed by atoms with Gasteiger partial charge in [-0.2, -0.15) is 5.10 Å². The highest BCUT2D eigenvalue weighted by Gasteiger charge is 2.28. The third-order valence-electron chi connectivity index (χ3n) is 5.26. The quantitative estimate of drug-likeness (QED) is 0.464. The van der Waals surface area contributed by atoms with E-state index in [1.54, 1.807) is 30.3 Å². The number of aryl methyl sites for hydroxylation is 2. The molecule has 0 radical (unpaired) electrons. The zero-order valence-electron chi connectivity index (χ0n) is 17.6. The van der Waals surface area contributed by atoms with Crippen LogP contribution in [0.1, 0.15) is 56.2 Å². The predicted molar refractivity (Wildman–Crippen MR) is 126 cm³/mol. The van der Waals surface area contributed by atoms with Gasteiger partial charge in [-0.05, 0) is 57.0 Å². The molecule has 4 rings (SSSR count). The predicted octanol–water partition coefficient (Wildman–Crippen LogP) is 5.93. The van der Waals surface area contributed by atoms with Crippen LogP contribution in [0.5, 0.6) is 0 Å². The fraction of sp³-hybridized carbons (Fsp3) is 0.208. The summed E-state index contributed by atoms with van der Waals surface area (Å²) in [5.41, 5.74) is 6.84. The monoisotopic (exact) mass is 469 g/mol. The Hall–Kier alpha value is -3.09. The van der Waals surface area contributed by atoms with E-state index in [2.05, 4.69) is 15.8 Å². The Balaban J connectivity index is 1.57. The molecule has 1 aliphatic rings. The lowest BCUT2D eigenvalue weighted by Gasteiger charge is -2.13. The third kappa shape index (κ3) is 4.71. The van der Waals surface area contributed by atoms with Crippen molar-refractivity contribution < 1.29 is 14.0 Å². The Morgan fingerprint density at radius 3 is 2.34 bits per heavy atom. The summed E-state index contributed by atoms with van der Waals surface area (Å²) in [6.45, 7) is 3.77. The summed E-state index contributed by atoms with van der Waals surface area (Å²) in [4.78, 5) is 25.3. The van der Waals surface area contributed by atoms with Crippen LogP contribution in [0, 0.1) is 13.8 Å².